The molecule has 0 N–H and O–H groups in total. The molecule has 66 valence electrons. The number of hydrogen-bond acceptors (Lipinski definition) is 3. The Hall–Kier alpha value is -0.860. The first-order valence-electron chi connectivity index (χ1n) is 3.46. The molecule has 0 aliphatic heterocycles. The molecule has 0 saturated carbocycles. The summed E-state index contributed by atoms with van der Waals surface area (Å²) < 4.78 is 3.86. The summed E-state index contributed by atoms with van der Waals surface area (Å²) in [4.78, 5) is 19.0. The van der Waals surface area contributed by atoms with Crippen LogP contribution in [0.5, 0.6) is 0 Å². The SMILES string of the molecule is CCC(C)(C)C=O.COC=O. The zero-order valence-corrected chi connectivity index (χ0v) is 7.59. The van der Waals surface area contributed by atoms with Crippen molar-refractivity contribution in [3.05, 3.63) is 0 Å². The van der Waals surface area contributed by atoms with Gasteiger partial charge in [-0.2, -0.15) is 0 Å². The zero-order valence-electron chi connectivity index (χ0n) is 7.59. The second kappa shape index (κ2) is 7.25. The number of hydrogen-bond donors (Lipinski definition) is 0. The highest BCUT2D eigenvalue weighted by Gasteiger charge is 2.11. The van der Waals surface area contributed by atoms with Crippen molar-refractivity contribution in [3.63, 3.8) is 0 Å². The third kappa shape index (κ3) is 12.4. The summed E-state index contributed by atoms with van der Waals surface area (Å²) in [6, 6.07) is 0. The van der Waals surface area contributed by atoms with Gasteiger partial charge < -0.3 is 9.53 Å². The zero-order chi connectivity index (χ0) is 9.33. The van der Waals surface area contributed by atoms with Crippen molar-refractivity contribution < 1.29 is 14.3 Å². The quantitative estimate of drug-likeness (QED) is 0.586. The molecule has 0 spiro atoms. The summed E-state index contributed by atoms with van der Waals surface area (Å²) in [5.41, 5.74) is -0.0972. The Morgan fingerprint density at radius 2 is 1.73 bits per heavy atom. The van der Waals surface area contributed by atoms with E-state index in [1.54, 1.807) is 0 Å². The van der Waals surface area contributed by atoms with Crippen LogP contribution in [0.25, 0.3) is 0 Å². The van der Waals surface area contributed by atoms with Gasteiger partial charge in [0, 0.05) is 5.41 Å². The molecular formula is C8H16O3. The molecule has 0 saturated heterocycles. The van der Waals surface area contributed by atoms with E-state index in [1.807, 2.05) is 20.8 Å². The van der Waals surface area contributed by atoms with Crippen molar-refractivity contribution in [1.82, 2.24) is 0 Å². The molecule has 0 aromatic heterocycles. The van der Waals surface area contributed by atoms with Gasteiger partial charge in [0.2, 0.25) is 0 Å². The van der Waals surface area contributed by atoms with E-state index in [4.69, 9.17) is 4.79 Å². The van der Waals surface area contributed by atoms with Crippen LogP contribution in [0.15, 0.2) is 0 Å². The Balaban J connectivity index is 0. The number of ether oxygens (including phenoxy) is 1. The lowest BCUT2D eigenvalue weighted by Crippen LogP contribution is -2.09. The molecule has 0 fully saturated rings. The smallest absolute Gasteiger partial charge is 0.292 e. The summed E-state index contributed by atoms with van der Waals surface area (Å²) in [5.74, 6) is 0. The number of rotatable bonds is 3. The average molecular weight is 160 g/mol. The topological polar surface area (TPSA) is 43.4 Å². The molecule has 0 unspecified atom stereocenters. The number of aldehydes is 1. The standard InChI is InChI=1S/C6H12O.C2H4O2/c1-4-6(2,3)5-7;1-4-2-3/h5H,4H2,1-3H3;2H,1H3. The molecule has 0 atom stereocenters. The van der Waals surface area contributed by atoms with E-state index in [2.05, 4.69) is 4.74 Å². The molecule has 11 heavy (non-hydrogen) atoms. The highest BCUT2D eigenvalue weighted by atomic mass is 16.5. The normalized spacial score (nSPS) is 9.09. The van der Waals surface area contributed by atoms with Crippen LogP contribution in [-0.4, -0.2) is 19.9 Å². The van der Waals surface area contributed by atoms with Gasteiger partial charge in [-0.1, -0.05) is 20.8 Å². The number of methoxy groups -OCH3 is 1. The Morgan fingerprint density at radius 3 is 1.73 bits per heavy atom. The molecule has 0 aromatic rings. The minimum Gasteiger partial charge on any atom is -0.471 e. The van der Waals surface area contributed by atoms with Gasteiger partial charge in [-0.05, 0) is 6.42 Å². The molecule has 0 rings (SSSR count). The fraction of sp³-hybridized carbons (Fsp3) is 0.750. The number of carbonyl (C=O) groups excluding carboxylic acids is 2. The van der Waals surface area contributed by atoms with Crippen molar-refractivity contribution in [2.45, 2.75) is 27.2 Å². The summed E-state index contributed by atoms with van der Waals surface area (Å²) in [6.45, 7) is 6.24. The number of carbonyl (C=O) groups is 2. The van der Waals surface area contributed by atoms with E-state index in [1.165, 1.54) is 7.11 Å². The van der Waals surface area contributed by atoms with Crippen LogP contribution in [-0.2, 0) is 14.3 Å². The molecule has 0 aliphatic carbocycles. The van der Waals surface area contributed by atoms with Crippen molar-refractivity contribution in [3.8, 4) is 0 Å². The summed E-state index contributed by atoms with van der Waals surface area (Å²) >= 11 is 0. The maximum absolute atomic E-state index is 10.1. The lowest BCUT2D eigenvalue weighted by Gasteiger charge is -2.10. The van der Waals surface area contributed by atoms with Crippen molar-refractivity contribution in [2.75, 3.05) is 7.11 Å². The van der Waals surface area contributed by atoms with E-state index in [-0.39, 0.29) is 5.41 Å². The van der Waals surface area contributed by atoms with Gasteiger partial charge in [-0.3, -0.25) is 4.79 Å². The Morgan fingerprint density at radius 1 is 1.36 bits per heavy atom. The van der Waals surface area contributed by atoms with Gasteiger partial charge in [0.25, 0.3) is 6.47 Å². The van der Waals surface area contributed by atoms with Crippen LogP contribution < -0.4 is 0 Å². The highest BCUT2D eigenvalue weighted by molar-refractivity contribution is 5.57. The van der Waals surface area contributed by atoms with Crippen molar-refractivity contribution >= 4 is 12.8 Å². The first kappa shape index (κ1) is 12.8. The Bertz CT molecular complexity index is 108. The predicted octanol–water partition coefficient (Wildman–Crippen LogP) is 1.41. The second-order valence-electron chi connectivity index (χ2n) is 2.79. The average Bonchev–Trinajstić information content (AvgIpc) is 2.05. The molecule has 3 heteroatoms. The third-order valence-corrected chi connectivity index (χ3v) is 1.33. The molecule has 0 heterocycles. The van der Waals surface area contributed by atoms with E-state index in [9.17, 15) is 4.79 Å². The van der Waals surface area contributed by atoms with E-state index in [0.29, 0.717) is 6.47 Å². The van der Waals surface area contributed by atoms with Gasteiger partial charge in [0.1, 0.15) is 6.29 Å². The van der Waals surface area contributed by atoms with Crippen LogP contribution in [0, 0.1) is 5.41 Å². The van der Waals surface area contributed by atoms with Crippen LogP contribution >= 0.6 is 0 Å². The second-order valence-corrected chi connectivity index (χ2v) is 2.79. The van der Waals surface area contributed by atoms with Gasteiger partial charge in [-0.25, -0.2) is 0 Å². The molecule has 0 bridgehead atoms. The van der Waals surface area contributed by atoms with Crippen LogP contribution in [0.3, 0.4) is 0 Å². The van der Waals surface area contributed by atoms with E-state index >= 15 is 0 Å². The minimum atomic E-state index is -0.0972. The monoisotopic (exact) mass is 160 g/mol. The molecular weight excluding hydrogens is 144 g/mol. The molecule has 0 aromatic carbocycles. The maximum atomic E-state index is 10.1. The first-order chi connectivity index (χ1) is 5.04. The maximum Gasteiger partial charge on any atom is 0.292 e. The van der Waals surface area contributed by atoms with Crippen LogP contribution in [0.1, 0.15) is 27.2 Å². The molecule has 0 aliphatic rings. The summed E-state index contributed by atoms with van der Waals surface area (Å²) in [5, 5.41) is 0. The summed E-state index contributed by atoms with van der Waals surface area (Å²) in [7, 11) is 1.31. The predicted molar refractivity (Wildman–Crippen MR) is 43.2 cm³/mol. The molecule has 3 nitrogen and oxygen atoms in total. The third-order valence-electron chi connectivity index (χ3n) is 1.33. The largest absolute Gasteiger partial charge is 0.471 e. The van der Waals surface area contributed by atoms with E-state index < -0.39 is 0 Å². The van der Waals surface area contributed by atoms with Gasteiger partial charge in [0.15, 0.2) is 0 Å². The minimum absolute atomic E-state index is 0.0972. The summed E-state index contributed by atoms with van der Waals surface area (Å²) in [6.07, 6.45) is 1.92. The van der Waals surface area contributed by atoms with Crippen LogP contribution in [0.4, 0.5) is 0 Å². The molecule has 0 amide bonds. The van der Waals surface area contributed by atoms with Gasteiger partial charge in [-0.15, -0.1) is 0 Å². The Kier molecular flexibility index (Phi) is 8.43. The lowest BCUT2D eigenvalue weighted by molar-refractivity contribution is -0.126. The van der Waals surface area contributed by atoms with E-state index in [0.717, 1.165) is 12.7 Å². The Labute approximate surface area is 67.7 Å². The van der Waals surface area contributed by atoms with Gasteiger partial charge >= 0.3 is 0 Å². The fourth-order valence-corrected chi connectivity index (χ4v) is 0.0833. The fourth-order valence-electron chi connectivity index (χ4n) is 0.0833. The van der Waals surface area contributed by atoms with Crippen LogP contribution in [0.2, 0.25) is 0 Å². The van der Waals surface area contributed by atoms with Gasteiger partial charge in [0.05, 0.1) is 7.11 Å². The lowest BCUT2D eigenvalue weighted by atomic mass is 9.93. The first-order valence-corrected chi connectivity index (χ1v) is 3.46. The van der Waals surface area contributed by atoms with Crippen molar-refractivity contribution in [2.24, 2.45) is 5.41 Å². The van der Waals surface area contributed by atoms with Crippen molar-refractivity contribution in [1.29, 1.82) is 0 Å². The molecule has 0 radical (unpaired) electrons. The highest BCUT2D eigenvalue weighted by Crippen LogP contribution is 2.14.